The lowest BCUT2D eigenvalue weighted by molar-refractivity contribution is 0.377. The summed E-state index contributed by atoms with van der Waals surface area (Å²) in [7, 11) is 0. The van der Waals surface area contributed by atoms with Gasteiger partial charge in [0.1, 0.15) is 11.4 Å². The van der Waals surface area contributed by atoms with Crippen LogP contribution in [0.1, 0.15) is 35.6 Å². The van der Waals surface area contributed by atoms with Gasteiger partial charge in [-0.3, -0.25) is 4.98 Å². The molecule has 0 saturated carbocycles. The molecule has 1 aliphatic heterocycles. The number of benzene rings is 2. The maximum atomic E-state index is 14.0. The number of hydrogen-bond donors (Lipinski definition) is 0. The van der Waals surface area contributed by atoms with Crippen molar-refractivity contribution in [2.45, 2.75) is 25.2 Å². The Hall–Kier alpha value is -3.40. The minimum atomic E-state index is -0.234. The number of pyridine rings is 1. The molecule has 1 aliphatic rings. The quantitative estimate of drug-likeness (QED) is 0.350. The van der Waals surface area contributed by atoms with Crippen LogP contribution in [0, 0.1) is 5.82 Å². The van der Waals surface area contributed by atoms with Gasteiger partial charge in [0.15, 0.2) is 0 Å². The molecule has 4 aromatic rings. The van der Waals surface area contributed by atoms with Crippen LogP contribution in [0.25, 0.3) is 16.5 Å². The summed E-state index contributed by atoms with van der Waals surface area (Å²) in [4.78, 5) is 7.01. The molecular formula is C27H25FN2O. The molecule has 2 aromatic carbocycles. The van der Waals surface area contributed by atoms with Crippen molar-refractivity contribution >= 4 is 16.5 Å². The molecule has 0 bridgehead atoms. The molecule has 3 heterocycles. The fraction of sp³-hybridized carbons (Fsp3) is 0.222. The van der Waals surface area contributed by atoms with E-state index in [0.29, 0.717) is 16.9 Å². The summed E-state index contributed by atoms with van der Waals surface area (Å²) in [6.45, 7) is 1.93. The Balaban J connectivity index is 1.32. The molecular weight excluding hydrogens is 387 g/mol. The van der Waals surface area contributed by atoms with Crippen LogP contribution in [-0.2, 0) is 6.42 Å². The van der Waals surface area contributed by atoms with Gasteiger partial charge in [-0.15, -0.1) is 0 Å². The normalized spacial score (nSPS) is 14.7. The van der Waals surface area contributed by atoms with Gasteiger partial charge in [-0.25, -0.2) is 4.39 Å². The first-order chi connectivity index (χ1) is 15.3. The van der Waals surface area contributed by atoms with Crippen molar-refractivity contribution < 1.29 is 8.81 Å². The monoisotopic (exact) mass is 412 g/mol. The second-order valence-electron chi connectivity index (χ2n) is 8.13. The number of halogens is 1. The zero-order valence-corrected chi connectivity index (χ0v) is 17.4. The van der Waals surface area contributed by atoms with Crippen LogP contribution in [0.15, 0.2) is 89.8 Å². The Morgan fingerprint density at radius 2 is 1.87 bits per heavy atom. The Kier molecular flexibility index (Phi) is 5.53. The van der Waals surface area contributed by atoms with Crippen molar-refractivity contribution in [3.8, 4) is 0 Å². The second-order valence-corrected chi connectivity index (χ2v) is 8.13. The minimum absolute atomic E-state index is 0.234. The van der Waals surface area contributed by atoms with Gasteiger partial charge in [0.25, 0.3) is 0 Å². The lowest BCUT2D eigenvalue weighted by Gasteiger charge is -2.21. The Labute approximate surface area is 181 Å². The highest BCUT2D eigenvalue weighted by Gasteiger charge is 2.20. The van der Waals surface area contributed by atoms with Crippen molar-refractivity contribution in [1.82, 2.24) is 9.88 Å². The van der Waals surface area contributed by atoms with Gasteiger partial charge in [0.05, 0.1) is 11.6 Å². The molecule has 31 heavy (non-hydrogen) atoms. The predicted octanol–water partition coefficient (Wildman–Crippen LogP) is 6.43. The number of furan rings is 1. The molecule has 0 amide bonds. The minimum Gasteiger partial charge on any atom is -0.464 e. The van der Waals surface area contributed by atoms with Gasteiger partial charge in [-0.1, -0.05) is 36.4 Å². The maximum absolute atomic E-state index is 14.0. The topological polar surface area (TPSA) is 29.3 Å². The van der Waals surface area contributed by atoms with E-state index >= 15 is 0 Å². The predicted molar refractivity (Wildman–Crippen MR) is 122 cm³/mol. The summed E-state index contributed by atoms with van der Waals surface area (Å²) < 4.78 is 19.6. The van der Waals surface area contributed by atoms with E-state index in [1.165, 1.54) is 17.2 Å². The lowest BCUT2D eigenvalue weighted by Crippen LogP contribution is -2.19. The molecule has 2 aromatic heterocycles. The highest BCUT2D eigenvalue weighted by Crippen LogP contribution is 2.33. The molecule has 0 saturated heterocycles. The number of rotatable bonds is 7. The van der Waals surface area contributed by atoms with Crippen LogP contribution in [0.5, 0.6) is 0 Å². The zero-order valence-electron chi connectivity index (χ0n) is 17.4. The molecule has 0 radical (unpaired) electrons. The van der Waals surface area contributed by atoms with Crippen molar-refractivity contribution in [2.24, 2.45) is 0 Å². The molecule has 4 heteroatoms. The van der Waals surface area contributed by atoms with Gasteiger partial charge >= 0.3 is 0 Å². The van der Waals surface area contributed by atoms with Crippen LogP contribution in [0.3, 0.4) is 0 Å². The summed E-state index contributed by atoms with van der Waals surface area (Å²) in [5, 5.41) is 0.551. The first-order valence-corrected chi connectivity index (χ1v) is 10.8. The molecule has 0 fully saturated rings. The van der Waals surface area contributed by atoms with Crippen LogP contribution in [0.2, 0.25) is 0 Å². The van der Waals surface area contributed by atoms with E-state index in [0.717, 1.165) is 43.6 Å². The molecule has 1 atom stereocenters. The summed E-state index contributed by atoms with van der Waals surface area (Å²) in [5.74, 6) is 0.130. The number of fused-ring (bicyclic) bond motifs is 1. The third kappa shape index (κ3) is 4.24. The van der Waals surface area contributed by atoms with Crippen LogP contribution < -0.4 is 0 Å². The summed E-state index contributed by atoms with van der Waals surface area (Å²) in [6, 6.07) is 21.9. The molecule has 1 unspecified atom stereocenters. The standard InChI is InChI=1S/C27H25FN2O/c28-25-10-9-23(27-24(25)13-17-31-27)22-12-16-30(19-22)15-11-21(26-8-4-5-14-29-26)18-20-6-2-1-3-7-20/h1-10,13-14,17,19,21H,11-12,15-16,18H2. The van der Waals surface area contributed by atoms with Crippen LogP contribution in [-0.4, -0.2) is 23.0 Å². The van der Waals surface area contributed by atoms with Gasteiger partial charge < -0.3 is 9.32 Å². The molecule has 0 aliphatic carbocycles. The zero-order chi connectivity index (χ0) is 21.0. The number of aromatic nitrogens is 1. The third-order valence-corrected chi connectivity index (χ3v) is 6.11. The van der Waals surface area contributed by atoms with Gasteiger partial charge in [-0.2, -0.15) is 0 Å². The second kappa shape index (κ2) is 8.76. The smallest absolute Gasteiger partial charge is 0.144 e. The summed E-state index contributed by atoms with van der Waals surface area (Å²) in [5.41, 5.74) is 5.32. The van der Waals surface area contributed by atoms with Crippen LogP contribution in [0.4, 0.5) is 4.39 Å². The van der Waals surface area contributed by atoms with Crippen molar-refractivity contribution in [2.75, 3.05) is 13.1 Å². The maximum Gasteiger partial charge on any atom is 0.144 e. The van der Waals surface area contributed by atoms with Gasteiger partial charge in [0.2, 0.25) is 0 Å². The molecule has 0 N–H and O–H groups in total. The van der Waals surface area contributed by atoms with Crippen molar-refractivity contribution in [1.29, 1.82) is 0 Å². The largest absolute Gasteiger partial charge is 0.464 e. The Morgan fingerprint density at radius 3 is 2.71 bits per heavy atom. The summed E-state index contributed by atoms with van der Waals surface area (Å²) >= 11 is 0. The van der Waals surface area contributed by atoms with Crippen molar-refractivity contribution in [3.05, 3.63) is 108 Å². The Morgan fingerprint density at radius 1 is 1.00 bits per heavy atom. The number of nitrogens with zero attached hydrogens (tertiary/aromatic N) is 2. The average molecular weight is 413 g/mol. The van der Waals surface area contributed by atoms with E-state index < -0.39 is 0 Å². The summed E-state index contributed by atoms with van der Waals surface area (Å²) in [6.07, 6.45) is 8.60. The Bertz CT molecular complexity index is 1180. The van der Waals surface area contributed by atoms with E-state index in [1.54, 1.807) is 12.3 Å². The first kappa shape index (κ1) is 19.6. The van der Waals surface area contributed by atoms with Gasteiger partial charge in [0, 0.05) is 42.7 Å². The fourth-order valence-corrected chi connectivity index (χ4v) is 4.47. The lowest BCUT2D eigenvalue weighted by atomic mass is 9.92. The molecule has 156 valence electrons. The SMILES string of the molecule is Fc1ccc(C2=CN(CCC(Cc3ccccc3)c3ccccn3)CC2)c2occc12. The van der Waals surface area contributed by atoms with Gasteiger partial charge in [-0.05, 0) is 60.7 Å². The van der Waals surface area contributed by atoms with E-state index in [1.807, 2.05) is 18.3 Å². The molecule has 0 spiro atoms. The molecule has 5 rings (SSSR count). The number of hydrogen-bond acceptors (Lipinski definition) is 3. The van der Waals surface area contributed by atoms with E-state index in [4.69, 9.17) is 4.42 Å². The fourth-order valence-electron chi connectivity index (χ4n) is 4.47. The van der Waals surface area contributed by atoms with E-state index in [-0.39, 0.29) is 5.82 Å². The van der Waals surface area contributed by atoms with E-state index in [2.05, 4.69) is 58.5 Å². The highest BCUT2D eigenvalue weighted by atomic mass is 19.1. The van der Waals surface area contributed by atoms with Crippen LogP contribution >= 0.6 is 0 Å². The van der Waals surface area contributed by atoms with Crippen molar-refractivity contribution in [3.63, 3.8) is 0 Å². The highest BCUT2D eigenvalue weighted by molar-refractivity contribution is 5.90. The average Bonchev–Trinajstić information content (AvgIpc) is 3.49. The third-order valence-electron chi connectivity index (χ3n) is 6.11. The first-order valence-electron chi connectivity index (χ1n) is 10.8. The van der Waals surface area contributed by atoms with E-state index in [9.17, 15) is 4.39 Å². The molecule has 3 nitrogen and oxygen atoms in total.